The molecule has 0 saturated heterocycles. The molecule has 1 unspecified atom stereocenters. The average molecular weight is 232 g/mol. The van der Waals surface area contributed by atoms with Crippen molar-refractivity contribution in [1.29, 1.82) is 0 Å². The Morgan fingerprint density at radius 2 is 2.07 bits per heavy atom. The number of aryl methyl sites for hydroxylation is 1. The van der Waals surface area contributed by atoms with E-state index in [4.69, 9.17) is 5.73 Å². The van der Waals surface area contributed by atoms with Crippen molar-refractivity contribution in [3.05, 3.63) is 11.6 Å². The molecule has 15 heavy (non-hydrogen) atoms. The first-order valence-corrected chi connectivity index (χ1v) is 6.66. The molecule has 0 aromatic carbocycles. The minimum atomic E-state index is -2.97. The lowest BCUT2D eigenvalue weighted by molar-refractivity contribution is 0.578. The van der Waals surface area contributed by atoms with Gasteiger partial charge in [-0.3, -0.25) is 0 Å². The normalized spacial score (nSPS) is 14.1. The lowest BCUT2D eigenvalue weighted by atomic mass is 10.2. The van der Waals surface area contributed by atoms with E-state index in [0.29, 0.717) is 12.2 Å². The zero-order valence-electron chi connectivity index (χ0n) is 9.14. The van der Waals surface area contributed by atoms with Crippen LogP contribution in [0.25, 0.3) is 0 Å². The summed E-state index contributed by atoms with van der Waals surface area (Å²) in [6.45, 7) is 1.82. The molecule has 0 amide bonds. The Kier molecular flexibility index (Phi) is 3.46. The van der Waals surface area contributed by atoms with Crippen LogP contribution in [0.5, 0.6) is 0 Å². The van der Waals surface area contributed by atoms with Gasteiger partial charge in [0, 0.05) is 13.3 Å². The number of nitrogens with two attached hydrogens (primary N) is 1. The van der Waals surface area contributed by atoms with E-state index in [1.54, 1.807) is 4.57 Å². The minimum Gasteiger partial charge on any atom is -0.321 e. The van der Waals surface area contributed by atoms with Crippen LogP contribution in [0.15, 0.2) is 0 Å². The molecule has 1 aromatic heterocycles. The van der Waals surface area contributed by atoms with Crippen molar-refractivity contribution in [2.24, 2.45) is 12.8 Å². The van der Waals surface area contributed by atoms with Gasteiger partial charge in [-0.15, -0.1) is 10.2 Å². The van der Waals surface area contributed by atoms with Crippen molar-refractivity contribution in [2.75, 3.05) is 12.0 Å². The van der Waals surface area contributed by atoms with Crippen LogP contribution in [0.4, 0.5) is 0 Å². The molecule has 1 rings (SSSR count). The predicted molar refractivity (Wildman–Crippen MR) is 57.0 cm³/mol. The Balaban J connectivity index is 2.70. The second kappa shape index (κ2) is 4.28. The van der Waals surface area contributed by atoms with Gasteiger partial charge in [-0.1, -0.05) is 0 Å². The average Bonchev–Trinajstić information content (AvgIpc) is 2.43. The fourth-order valence-electron chi connectivity index (χ4n) is 1.22. The van der Waals surface area contributed by atoms with E-state index in [-0.39, 0.29) is 11.8 Å². The lowest BCUT2D eigenvalue weighted by Crippen LogP contribution is -2.19. The van der Waals surface area contributed by atoms with Crippen LogP contribution in [0.2, 0.25) is 0 Å². The van der Waals surface area contributed by atoms with Crippen LogP contribution in [0.3, 0.4) is 0 Å². The molecule has 0 saturated carbocycles. The van der Waals surface area contributed by atoms with Gasteiger partial charge >= 0.3 is 0 Å². The molecule has 0 radical (unpaired) electrons. The van der Waals surface area contributed by atoms with Crippen molar-refractivity contribution in [3.63, 3.8) is 0 Å². The quantitative estimate of drug-likeness (QED) is 0.759. The summed E-state index contributed by atoms with van der Waals surface area (Å²) < 4.78 is 23.7. The Bertz CT molecular complexity index is 437. The molecule has 2 N–H and O–H groups in total. The van der Waals surface area contributed by atoms with Gasteiger partial charge in [-0.2, -0.15) is 0 Å². The van der Waals surface area contributed by atoms with E-state index in [0.717, 1.165) is 5.82 Å². The molecule has 0 aliphatic rings. The molecule has 0 spiro atoms. The van der Waals surface area contributed by atoms with Crippen LogP contribution in [0.1, 0.15) is 24.1 Å². The predicted octanol–water partition coefficient (Wildman–Crippen LogP) is -0.442. The number of nitrogens with zero attached hydrogens (tertiary/aromatic N) is 3. The van der Waals surface area contributed by atoms with Crippen molar-refractivity contribution in [2.45, 2.75) is 19.4 Å². The summed E-state index contributed by atoms with van der Waals surface area (Å²) in [5.74, 6) is 1.45. The summed E-state index contributed by atoms with van der Waals surface area (Å²) in [5.41, 5.74) is 5.83. The van der Waals surface area contributed by atoms with Crippen LogP contribution in [0, 0.1) is 6.92 Å². The van der Waals surface area contributed by atoms with E-state index in [1.807, 2.05) is 14.0 Å². The van der Waals surface area contributed by atoms with E-state index in [1.165, 1.54) is 6.26 Å². The van der Waals surface area contributed by atoms with Gasteiger partial charge in [-0.25, -0.2) is 8.42 Å². The molecule has 1 heterocycles. The molecule has 0 aliphatic heterocycles. The number of sulfone groups is 1. The van der Waals surface area contributed by atoms with Gasteiger partial charge in [0.25, 0.3) is 0 Å². The molecule has 7 heteroatoms. The van der Waals surface area contributed by atoms with E-state index in [9.17, 15) is 8.42 Å². The molecule has 0 bridgehead atoms. The fourth-order valence-corrected chi connectivity index (χ4v) is 1.90. The highest BCUT2D eigenvalue weighted by atomic mass is 32.2. The molecule has 1 aromatic rings. The van der Waals surface area contributed by atoms with Gasteiger partial charge in [0.2, 0.25) is 0 Å². The molecule has 0 fully saturated rings. The summed E-state index contributed by atoms with van der Waals surface area (Å²) in [4.78, 5) is 0. The number of hydrogen-bond acceptors (Lipinski definition) is 5. The summed E-state index contributed by atoms with van der Waals surface area (Å²) in [6.07, 6.45) is 1.56. The minimum absolute atomic E-state index is 0.0695. The van der Waals surface area contributed by atoms with Crippen molar-refractivity contribution >= 4 is 9.84 Å². The largest absolute Gasteiger partial charge is 0.321 e. The van der Waals surface area contributed by atoms with Gasteiger partial charge < -0.3 is 10.3 Å². The maximum absolute atomic E-state index is 11.0. The number of hydrogen-bond donors (Lipinski definition) is 1. The second-order valence-corrected chi connectivity index (χ2v) is 5.95. The summed E-state index contributed by atoms with van der Waals surface area (Å²) in [7, 11) is -1.16. The van der Waals surface area contributed by atoms with E-state index < -0.39 is 9.84 Å². The Hall–Kier alpha value is -0.950. The smallest absolute Gasteiger partial charge is 0.149 e. The highest BCUT2D eigenvalue weighted by Gasteiger charge is 2.15. The Morgan fingerprint density at radius 1 is 1.47 bits per heavy atom. The maximum atomic E-state index is 11.0. The standard InChI is InChI=1S/C8H16N4O2S/c1-6-10-11-8(12(6)2)7(9)4-5-15(3,13)14/h7H,4-5,9H2,1-3H3. The van der Waals surface area contributed by atoms with Gasteiger partial charge in [0.15, 0.2) is 0 Å². The summed E-state index contributed by atoms with van der Waals surface area (Å²) in [5, 5.41) is 7.77. The molecule has 1 atom stereocenters. The third-order valence-electron chi connectivity index (χ3n) is 2.26. The molecular weight excluding hydrogens is 216 g/mol. The first kappa shape index (κ1) is 12.1. The van der Waals surface area contributed by atoms with Gasteiger partial charge in [0.05, 0.1) is 11.8 Å². The van der Waals surface area contributed by atoms with Gasteiger partial charge in [0.1, 0.15) is 21.5 Å². The van der Waals surface area contributed by atoms with Crippen LogP contribution in [-0.4, -0.2) is 35.2 Å². The Labute approximate surface area is 89.4 Å². The van der Waals surface area contributed by atoms with Gasteiger partial charge in [-0.05, 0) is 13.3 Å². The van der Waals surface area contributed by atoms with Crippen LogP contribution >= 0.6 is 0 Å². The third kappa shape index (κ3) is 3.28. The molecular formula is C8H16N4O2S. The van der Waals surface area contributed by atoms with Crippen molar-refractivity contribution in [1.82, 2.24) is 14.8 Å². The number of aromatic nitrogens is 3. The highest BCUT2D eigenvalue weighted by Crippen LogP contribution is 2.12. The SMILES string of the molecule is Cc1nnc(C(N)CCS(C)(=O)=O)n1C. The second-order valence-electron chi connectivity index (χ2n) is 3.69. The monoisotopic (exact) mass is 232 g/mol. The fraction of sp³-hybridized carbons (Fsp3) is 0.750. The number of rotatable bonds is 4. The molecule has 0 aliphatic carbocycles. The van der Waals surface area contributed by atoms with Crippen molar-refractivity contribution < 1.29 is 8.42 Å². The first-order chi connectivity index (χ1) is 6.81. The molecule has 6 nitrogen and oxygen atoms in total. The topological polar surface area (TPSA) is 90.9 Å². The van der Waals surface area contributed by atoms with E-state index >= 15 is 0 Å². The van der Waals surface area contributed by atoms with Crippen LogP contribution < -0.4 is 5.73 Å². The third-order valence-corrected chi connectivity index (χ3v) is 3.23. The first-order valence-electron chi connectivity index (χ1n) is 4.60. The van der Waals surface area contributed by atoms with Crippen LogP contribution in [-0.2, 0) is 16.9 Å². The zero-order chi connectivity index (χ0) is 11.6. The summed E-state index contributed by atoms with van der Waals surface area (Å²) in [6, 6.07) is -0.383. The van der Waals surface area contributed by atoms with E-state index in [2.05, 4.69) is 10.2 Å². The zero-order valence-corrected chi connectivity index (χ0v) is 9.95. The summed E-state index contributed by atoms with van der Waals surface area (Å²) >= 11 is 0. The highest BCUT2D eigenvalue weighted by molar-refractivity contribution is 7.90. The Morgan fingerprint density at radius 3 is 2.47 bits per heavy atom. The molecule has 86 valence electrons. The maximum Gasteiger partial charge on any atom is 0.149 e. The van der Waals surface area contributed by atoms with Crippen molar-refractivity contribution in [3.8, 4) is 0 Å². The lowest BCUT2D eigenvalue weighted by Gasteiger charge is -2.09.